The maximum atomic E-state index is 5.66. The molecule has 0 bridgehead atoms. The Balaban J connectivity index is 1.60. The van der Waals surface area contributed by atoms with Crippen LogP contribution in [0.15, 0.2) is 11.1 Å². The van der Waals surface area contributed by atoms with E-state index in [4.69, 9.17) is 9.47 Å². The molecule has 7 nitrogen and oxygen atoms in total. The fourth-order valence-electron chi connectivity index (χ4n) is 2.89. The third-order valence-corrected chi connectivity index (χ3v) is 4.11. The fraction of sp³-hybridized carbons (Fsp3) is 0.778. The Morgan fingerprint density at radius 2 is 2.32 bits per heavy atom. The van der Waals surface area contributed by atoms with E-state index in [1.165, 1.54) is 5.69 Å². The average Bonchev–Trinajstić information content (AvgIpc) is 3.20. The van der Waals surface area contributed by atoms with Crippen LogP contribution < -0.4 is 10.6 Å². The molecule has 1 fully saturated rings. The standard InChI is InChI=1S/C18H33N5O2/c1-4-19-18(21-9-12-24-14-17-7-5-11-25-17)20-8-6-10-23-16(3)13-15(2)22-23/h13,17H,4-12,14H2,1-3H3,(H2,19,20,21). The van der Waals surface area contributed by atoms with Crippen LogP contribution in [0.3, 0.4) is 0 Å². The Morgan fingerprint density at radius 1 is 1.44 bits per heavy atom. The Morgan fingerprint density at radius 3 is 3.00 bits per heavy atom. The lowest BCUT2D eigenvalue weighted by Crippen LogP contribution is -2.39. The van der Waals surface area contributed by atoms with Gasteiger partial charge in [0.1, 0.15) is 0 Å². The highest BCUT2D eigenvalue weighted by molar-refractivity contribution is 5.79. The number of hydrogen-bond donors (Lipinski definition) is 2. The van der Waals surface area contributed by atoms with Gasteiger partial charge in [-0.2, -0.15) is 5.10 Å². The van der Waals surface area contributed by atoms with Gasteiger partial charge in [-0.25, -0.2) is 0 Å². The molecule has 0 radical (unpaired) electrons. The van der Waals surface area contributed by atoms with Crippen LogP contribution in [-0.4, -0.2) is 61.3 Å². The van der Waals surface area contributed by atoms with Gasteiger partial charge in [0, 0.05) is 38.5 Å². The van der Waals surface area contributed by atoms with E-state index in [9.17, 15) is 0 Å². The van der Waals surface area contributed by atoms with E-state index < -0.39 is 0 Å². The first-order chi connectivity index (χ1) is 12.2. The van der Waals surface area contributed by atoms with Crippen molar-refractivity contribution in [2.75, 3.05) is 39.5 Å². The van der Waals surface area contributed by atoms with Crippen LogP contribution in [0.2, 0.25) is 0 Å². The normalized spacial score (nSPS) is 17.9. The third-order valence-electron chi connectivity index (χ3n) is 4.11. The number of hydrogen-bond acceptors (Lipinski definition) is 4. The van der Waals surface area contributed by atoms with E-state index in [0.717, 1.165) is 63.7 Å². The molecule has 1 aromatic heterocycles. The minimum atomic E-state index is 0.288. The maximum Gasteiger partial charge on any atom is 0.191 e. The Bertz CT molecular complexity index is 524. The lowest BCUT2D eigenvalue weighted by Gasteiger charge is -2.13. The van der Waals surface area contributed by atoms with Crippen molar-refractivity contribution in [3.05, 3.63) is 17.5 Å². The molecule has 2 rings (SSSR count). The predicted molar refractivity (Wildman–Crippen MR) is 100 cm³/mol. The second-order valence-electron chi connectivity index (χ2n) is 6.40. The molecule has 0 aliphatic carbocycles. The van der Waals surface area contributed by atoms with Crippen molar-refractivity contribution >= 4 is 5.96 Å². The van der Waals surface area contributed by atoms with Gasteiger partial charge in [-0.3, -0.25) is 9.67 Å². The van der Waals surface area contributed by atoms with Gasteiger partial charge < -0.3 is 20.1 Å². The smallest absolute Gasteiger partial charge is 0.191 e. The quantitative estimate of drug-likeness (QED) is 0.381. The minimum absolute atomic E-state index is 0.288. The minimum Gasteiger partial charge on any atom is -0.377 e. The molecule has 0 saturated carbocycles. The average molecular weight is 351 g/mol. The first-order valence-corrected chi connectivity index (χ1v) is 9.41. The highest BCUT2D eigenvalue weighted by Gasteiger charge is 2.14. The van der Waals surface area contributed by atoms with Gasteiger partial charge in [0.05, 0.1) is 25.0 Å². The van der Waals surface area contributed by atoms with Crippen LogP contribution in [0.4, 0.5) is 0 Å². The SMILES string of the molecule is CCNC(=NCCCn1nc(C)cc1C)NCCOCC1CCCO1. The molecule has 1 atom stereocenters. The Kier molecular flexibility index (Phi) is 8.76. The fourth-order valence-corrected chi connectivity index (χ4v) is 2.89. The van der Waals surface area contributed by atoms with Crippen molar-refractivity contribution in [1.29, 1.82) is 0 Å². The Labute approximate surface area is 151 Å². The van der Waals surface area contributed by atoms with Crippen LogP contribution in [-0.2, 0) is 16.0 Å². The van der Waals surface area contributed by atoms with Crippen molar-refractivity contribution < 1.29 is 9.47 Å². The highest BCUT2D eigenvalue weighted by Crippen LogP contribution is 2.11. The summed E-state index contributed by atoms with van der Waals surface area (Å²) in [6.07, 6.45) is 3.53. The molecule has 7 heteroatoms. The molecule has 25 heavy (non-hydrogen) atoms. The maximum absolute atomic E-state index is 5.66. The lowest BCUT2D eigenvalue weighted by molar-refractivity contribution is 0.0191. The number of aromatic nitrogens is 2. The lowest BCUT2D eigenvalue weighted by atomic mass is 10.2. The highest BCUT2D eigenvalue weighted by atomic mass is 16.5. The number of rotatable bonds is 10. The van der Waals surface area contributed by atoms with Gasteiger partial charge in [-0.05, 0) is 46.1 Å². The molecule has 1 aromatic rings. The zero-order valence-electron chi connectivity index (χ0n) is 15.9. The van der Waals surface area contributed by atoms with Crippen molar-refractivity contribution in [3.8, 4) is 0 Å². The zero-order valence-corrected chi connectivity index (χ0v) is 15.9. The monoisotopic (exact) mass is 351 g/mol. The summed E-state index contributed by atoms with van der Waals surface area (Å²) in [6, 6.07) is 2.10. The van der Waals surface area contributed by atoms with E-state index in [1.54, 1.807) is 0 Å². The molecule has 1 saturated heterocycles. The van der Waals surface area contributed by atoms with Gasteiger partial charge >= 0.3 is 0 Å². The zero-order chi connectivity index (χ0) is 17.9. The van der Waals surface area contributed by atoms with Gasteiger partial charge in [0.25, 0.3) is 0 Å². The van der Waals surface area contributed by atoms with Gasteiger partial charge in [-0.15, -0.1) is 0 Å². The predicted octanol–water partition coefficient (Wildman–Crippen LogP) is 1.64. The molecule has 0 spiro atoms. The van der Waals surface area contributed by atoms with Gasteiger partial charge in [0.15, 0.2) is 5.96 Å². The summed E-state index contributed by atoms with van der Waals surface area (Å²) < 4.78 is 13.3. The van der Waals surface area contributed by atoms with E-state index >= 15 is 0 Å². The van der Waals surface area contributed by atoms with Gasteiger partial charge in [0.2, 0.25) is 0 Å². The molecule has 0 amide bonds. The van der Waals surface area contributed by atoms with Crippen molar-refractivity contribution in [2.45, 2.75) is 52.7 Å². The van der Waals surface area contributed by atoms with Crippen LogP contribution in [0.5, 0.6) is 0 Å². The van der Waals surface area contributed by atoms with Crippen molar-refractivity contribution in [1.82, 2.24) is 20.4 Å². The van der Waals surface area contributed by atoms with Crippen LogP contribution in [0, 0.1) is 13.8 Å². The molecule has 1 unspecified atom stereocenters. The van der Waals surface area contributed by atoms with E-state index in [2.05, 4.69) is 40.6 Å². The van der Waals surface area contributed by atoms with Crippen molar-refractivity contribution in [3.63, 3.8) is 0 Å². The summed E-state index contributed by atoms with van der Waals surface area (Å²) in [5.41, 5.74) is 2.27. The second-order valence-corrected chi connectivity index (χ2v) is 6.40. The molecule has 1 aliphatic heterocycles. The van der Waals surface area contributed by atoms with Crippen molar-refractivity contribution in [2.24, 2.45) is 4.99 Å². The van der Waals surface area contributed by atoms with E-state index in [-0.39, 0.29) is 6.10 Å². The van der Waals surface area contributed by atoms with Crippen LogP contribution in [0.25, 0.3) is 0 Å². The first kappa shape index (κ1) is 19.7. The molecule has 2 N–H and O–H groups in total. The number of guanidine groups is 1. The van der Waals surface area contributed by atoms with Crippen LogP contribution in [0.1, 0.15) is 37.6 Å². The number of aliphatic imine (C=N–C) groups is 1. The number of nitrogens with zero attached hydrogens (tertiary/aromatic N) is 3. The summed E-state index contributed by atoms with van der Waals surface area (Å²) >= 11 is 0. The second kappa shape index (κ2) is 11.1. The molecule has 142 valence electrons. The molecule has 2 heterocycles. The Hall–Kier alpha value is -1.60. The summed E-state index contributed by atoms with van der Waals surface area (Å²) in [5, 5.41) is 11.1. The number of nitrogens with one attached hydrogen (secondary N) is 2. The third kappa shape index (κ3) is 7.44. The van der Waals surface area contributed by atoms with E-state index in [0.29, 0.717) is 13.2 Å². The topological polar surface area (TPSA) is 72.7 Å². The van der Waals surface area contributed by atoms with Crippen LogP contribution >= 0.6 is 0 Å². The summed E-state index contributed by atoms with van der Waals surface area (Å²) in [6.45, 7) is 11.7. The summed E-state index contributed by atoms with van der Waals surface area (Å²) in [7, 11) is 0. The molecule has 0 aromatic carbocycles. The van der Waals surface area contributed by atoms with E-state index in [1.807, 2.05) is 11.6 Å². The molecular weight excluding hydrogens is 318 g/mol. The molecule has 1 aliphatic rings. The first-order valence-electron chi connectivity index (χ1n) is 9.41. The molecular formula is C18H33N5O2. The number of aryl methyl sites for hydroxylation is 3. The summed E-state index contributed by atoms with van der Waals surface area (Å²) in [4.78, 5) is 4.61. The number of ether oxygens (including phenoxy) is 2. The van der Waals surface area contributed by atoms with Gasteiger partial charge in [-0.1, -0.05) is 0 Å². The largest absolute Gasteiger partial charge is 0.377 e. The summed E-state index contributed by atoms with van der Waals surface area (Å²) in [5.74, 6) is 0.844.